The van der Waals surface area contributed by atoms with E-state index in [0.29, 0.717) is 17.7 Å². The highest BCUT2D eigenvalue weighted by Crippen LogP contribution is 2.18. The van der Waals surface area contributed by atoms with Gasteiger partial charge in [-0.25, -0.2) is 13.1 Å². The molecule has 0 bridgehead atoms. The predicted octanol–water partition coefficient (Wildman–Crippen LogP) is 2.80. The third-order valence-electron chi connectivity index (χ3n) is 3.15. The van der Waals surface area contributed by atoms with Crippen molar-refractivity contribution in [2.45, 2.75) is 25.6 Å². The van der Waals surface area contributed by atoms with Crippen LogP contribution in [0.25, 0.3) is 0 Å². The molecule has 1 heterocycles. The minimum absolute atomic E-state index is 0.177. The summed E-state index contributed by atoms with van der Waals surface area (Å²) in [6.07, 6.45) is 0.887. The summed E-state index contributed by atoms with van der Waals surface area (Å²) >= 11 is 1.55. The molecule has 0 unspecified atom stereocenters. The van der Waals surface area contributed by atoms with E-state index in [9.17, 15) is 8.42 Å². The highest BCUT2D eigenvalue weighted by molar-refractivity contribution is 7.88. The fourth-order valence-electron chi connectivity index (χ4n) is 2.02. The van der Waals surface area contributed by atoms with Gasteiger partial charge in [-0.2, -0.15) is 5.26 Å². The van der Waals surface area contributed by atoms with Gasteiger partial charge in [0.05, 0.1) is 17.4 Å². The van der Waals surface area contributed by atoms with E-state index < -0.39 is 10.0 Å². The fourth-order valence-corrected chi connectivity index (χ4v) is 4.16. The molecule has 0 radical (unpaired) electrons. The summed E-state index contributed by atoms with van der Waals surface area (Å²) < 4.78 is 26.9. The molecule has 2 aromatic rings. The fraction of sp³-hybridized carbons (Fsp3) is 0.267. The molecule has 0 atom stereocenters. The van der Waals surface area contributed by atoms with E-state index in [4.69, 9.17) is 5.26 Å². The number of hydrogen-bond acceptors (Lipinski definition) is 4. The Hall–Kier alpha value is -1.68. The molecule has 1 aromatic heterocycles. The molecule has 0 aliphatic carbocycles. The van der Waals surface area contributed by atoms with Crippen molar-refractivity contribution in [3.8, 4) is 6.07 Å². The third kappa shape index (κ3) is 4.14. The maximum Gasteiger partial charge on any atom is 0.216 e. The van der Waals surface area contributed by atoms with Crippen molar-refractivity contribution in [2.75, 3.05) is 0 Å². The molecular formula is C15H16N2O2S2. The van der Waals surface area contributed by atoms with Gasteiger partial charge in [-0.15, -0.1) is 11.3 Å². The van der Waals surface area contributed by atoms with Gasteiger partial charge in [-0.05, 0) is 35.1 Å². The number of sulfonamides is 1. The predicted molar refractivity (Wildman–Crippen MR) is 84.3 cm³/mol. The maximum atomic E-state index is 12.1. The first-order valence-corrected chi connectivity index (χ1v) is 9.09. The van der Waals surface area contributed by atoms with E-state index in [1.54, 1.807) is 35.6 Å². The minimum atomic E-state index is -3.46. The summed E-state index contributed by atoms with van der Waals surface area (Å²) in [7, 11) is -3.46. The molecule has 0 amide bonds. The molecule has 1 aromatic carbocycles. The number of rotatable bonds is 6. The molecule has 0 saturated heterocycles. The Morgan fingerprint density at radius 3 is 2.71 bits per heavy atom. The van der Waals surface area contributed by atoms with Gasteiger partial charge in [0, 0.05) is 11.4 Å². The van der Waals surface area contributed by atoms with Gasteiger partial charge in [0.2, 0.25) is 10.0 Å². The first-order valence-electron chi connectivity index (χ1n) is 6.56. The molecule has 2 rings (SSSR count). The smallest absolute Gasteiger partial charge is 0.212 e. The minimum Gasteiger partial charge on any atom is -0.212 e. The Morgan fingerprint density at radius 2 is 2.00 bits per heavy atom. The van der Waals surface area contributed by atoms with Crippen LogP contribution in [0.3, 0.4) is 0 Å². The van der Waals surface area contributed by atoms with Crippen molar-refractivity contribution in [1.29, 1.82) is 5.26 Å². The van der Waals surface area contributed by atoms with Crippen LogP contribution in [-0.4, -0.2) is 8.42 Å². The van der Waals surface area contributed by atoms with Gasteiger partial charge in [0.1, 0.15) is 0 Å². The second kappa shape index (κ2) is 6.85. The Balaban J connectivity index is 2.08. The highest BCUT2D eigenvalue weighted by Gasteiger charge is 2.15. The monoisotopic (exact) mass is 320 g/mol. The summed E-state index contributed by atoms with van der Waals surface area (Å²) in [6, 6.07) is 10.8. The number of nitrogens with zero attached hydrogens (tertiary/aromatic N) is 1. The largest absolute Gasteiger partial charge is 0.216 e. The van der Waals surface area contributed by atoms with Crippen LogP contribution in [0.5, 0.6) is 0 Å². The topological polar surface area (TPSA) is 70.0 Å². The Kier molecular flexibility index (Phi) is 5.12. The molecule has 4 nitrogen and oxygen atoms in total. The number of hydrogen-bond donors (Lipinski definition) is 1. The molecule has 0 aliphatic rings. The van der Waals surface area contributed by atoms with Crippen LogP contribution >= 0.6 is 11.3 Å². The SMILES string of the molecule is CCc1ccsc1CNS(=O)(=O)Cc1ccccc1C#N. The van der Waals surface area contributed by atoms with Crippen LogP contribution in [0.4, 0.5) is 0 Å². The number of thiophene rings is 1. The third-order valence-corrected chi connectivity index (χ3v) is 5.39. The second-order valence-electron chi connectivity index (χ2n) is 4.57. The molecule has 0 spiro atoms. The molecule has 1 N–H and O–H groups in total. The zero-order valence-electron chi connectivity index (χ0n) is 11.7. The quantitative estimate of drug-likeness (QED) is 0.889. The summed E-state index contributed by atoms with van der Waals surface area (Å²) in [6.45, 7) is 2.35. The van der Waals surface area contributed by atoms with Gasteiger partial charge >= 0.3 is 0 Å². The van der Waals surface area contributed by atoms with E-state index in [-0.39, 0.29) is 5.75 Å². The van der Waals surface area contributed by atoms with Crippen LogP contribution in [0.15, 0.2) is 35.7 Å². The Bertz CT molecular complexity index is 758. The number of nitrogens with one attached hydrogen (secondary N) is 1. The van der Waals surface area contributed by atoms with Crippen molar-refractivity contribution >= 4 is 21.4 Å². The van der Waals surface area contributed by atoms with Crippen LogP contribution in [-0.2, 0) is 28.7 Å². The van der Waals surface area contributed by atoms with E-state index in [0.717, 1.165) is 11.3 Å². The first kappa shape index (κ1) is 15.7. The molecule has 110 valence electrons. The Morgan fingerprint density at radius 1 is 1.24 bits per heavy atom. The van der Waals surface area contributed by atoms with Crippen molar-refractivity contribution < 1.29 is 8.42 Å². The van der Waals surface area contributed by atoms with Gasteiger partial charge in [-0.1, -0.05) is 25.1 Å². The Labute approximate surface area is 129 Å². The lowest BCUT2D eigenvalue weighted by Crippen LogP contribution is -2.25. The molecule has 6 heteroatoms. The molecule has 0 aliphatic heterocycles. The second-order valence-corrected chi connectivity index (χ2v) is 7.38. The number of aryl methyl sites for hydroxylation is 1. The summed E-state index contributed by atoms with van der Waals surface area (Å²) in [5, 5.41) is 11.0. The average Bonchev–Trinajstić information content (AvgIpc) is 2.93. The van der Waals surface area contributed by atoms with Gasteiger partial charge < -0.3 is 0 Å². The van der Waals surface area contributed by atoms with Crippen molar-refractivity contribution in [3.63, 3.8) is 0 Å². The van der Waals surface area contributed by atoms with Crippen LogP contribution in [0.1, 0.15) is 28.5 Å². The zero-order chi connectivity index (χ0) is 15.3. The normalized spacial score (nSPS) is 11.2. The summed E-state index contributed by atoms with van der Waals surface area (Å²) in [5.41, 5.74) is 2.09. The molecular weight excluding hydrogens is 304 g/mol. The maximum absolute atomic E-state index is 12.1. The first-order chi connectivity index (χ1) is 10.1. The number of nitriles is 1. The highest BCUT2D eigenvalue weighted by atomic mass is 32.2. The lowest BCUT2D eigenvalue weighted by molar-refractivity contribution is 0.580. The van der Waals surface area contributed by atoms with E-state index in [2.05, 4.69) is 4.72 Å². The van der Waals surface area contributed by atoms with Crippen LogP contribution in [0, 0.1) is 11.3 Å². The lowest BCUT2D eigenvalue weighted by Gasteiger charge is -2.08. The molecule has 0 saturated carbocycles. The number of benzene rings is 1. The van der Waals surface area contributed by atoms with Crippen LogP contribution in [0.2, 0.25) is 0 Å². The van der Waals surface area contributed by atoms with Gasteiger partial charge in [0.15, 0.2) is 0 Å². The summed E-state index contributed by atoms with van der Waals surface area (Å²) in [5.74, 6) is -0.177. The van der Waals surface area contributed by atoms with E-state index in [1.165, 1.54) is 5.56 Å². The van der Waals surface area contributed by atoms with Crippen LogP contribution < -0.4 is 4.72 Å². The lowest BCUT2D eigenvalue weighted by atomic mass is 10.1. The molecule has 21 heavy (non-hydrogen) atoms. The zero-order valence-corrected chi connectivity index (χ0v) is 13.3. The van der Waals surface area contributed by atoms with Crippen molar-refractivity contribution in [1.82, 2.24) is 4.72 Å². The standard InChI is InChI=1S/C15H16N2O2S2/c1-2-12-7-8-20-15(12)10-17-21(18,19)11-14-6-4-3-5-13(14)9-16/h3-8,17H,2,10-11H2,1H3. The summed E-state index contributed by atoms with van der Waals surface area (Å²) in [4.78, 5) is 1.04. The van der Waals surface area contributed by atoms with Gasteiger partial charge in [0.25, 0.3) is 0 Å². The average molecular weight is 320 g/mol. The van der Waals surface area contributed by atoms with Gasteiger partial charge in [-0.3, -0.25) is 0 Å². The van der Waals surface area contributed by atoms with E-state index in [1.807, 2.05) is 24.4 Å². The van der Waals surface area contributed by atoms with Crippen molar-refractivity contribution in [2.24, 2.45) is 0 Å². The van der Waals surface area contributed by atoms with E-state index >= 15 is 0 Å². The van der Waals surface area contributed by atoms with Crippen molar-refractivity contribution in [3.05, 3.63) is 57.3 Å². The molecule has 0 fully saturated rings.